The van der Waals surface area contributed by atoms with Crippen LogP contribution in [0.4, 0.5) is 0 Å². The van der Waals surface area contributed by atoms with Crippen molar-refractivity contribution >= 4 is 23.5 Å². The highest BCUT2D eigenvalue weighted by Gasteiger charge is 2.05. The minimum atomic E-state index is 0.921. The molecule has 1 aliphatic rings. The summed E-state index contributed by atoms with van der Waals surface area (Å²) in [5.74, 6) is 1.39. The molecule has 0 aromatic heterocycles. The lowest BCUT2D eigenvalue weighted by molar-refractivity contribution is 0.799. The van der Waals surface area contributed by atoms with Crippen LogP contribution in [0.2, 0.25) is 0 Å². The fourth-order valence-electron chi connectivity index (χ4n) is 0.779. The zero-order valence-electron chi connectivity index (χ0n) is 5.22. The van der Waals surface area contributed by atoms with Gasteiger partial charge in [0.1, 0.15) is 0 Å². The van der Waals surface area contributed by atoms with Gasteiger partial charge < -0.3 is 0 Å². The van der Waals surface area contributed by atoms with Crippen LogP contribution in [0.15, 0.2) is 0 Å². The molecular weight excluding hydrogens is 136 g/mol. The Morgan fingerprint density at radius 2 is 2.38 bits per heavy atom. The van der Waals surface area contributed by atoms with Gasteiger partial charge in [0.15, 0.2) is 0 Å². The van der Waals surface area contributed by atoms with Gasteiger partial charge in [-0.15, -0.1) is 11.8 Å². The van der Waals surface area contributed by atoms with Crippen molar-refractivity contribution in [1.82, 2.24) is 0 Å². The Morgan fingerprint density at radius 3 is 3.25 bits per heavy atom. The van der Waals surface area contributed by atoms with Crippen molar-refractivity contribution < 1.29 is 0 Å². The molecule has 8 heavy (non-hydrogen) atoms. The molecule has 0 bridgehead atoms. The normalized spacial score (nSPS) is 31.9. The first-order chi connectivity index (χ1) is 3.89. The summed E-state index contributed by atoms with van der Waals surface area (Å²) in [5, 5.41) is 2.24. The summed E-state index contributed by atoms with van der Waals surface area (Å²) in [6.07, 6.45) is 2.86. The lowest BCUT2D eigenvalue weighted by Gasteiger charge is -2.02. The Hall–Kier alpha value is 0.700. The molecule has 0 saturated carbocycles. The molecule has 1 aliphatic heterocycles. The van der Waals surface area contributed by atoms with E-state index >= 15 is 0 Å². The molecule has 0 aromatic carbocycles. The van der Waals surface area contributed by atoms with Crippen molar-refractivity contribution in [3.05, 3.63) is 0 Å². The van der Waals surface area contributed by atoms with Crippen LogP contribution in [0.3, 0.4) is 0 Å². The van der Waals surface area contributed by atoms with Gasteiger partial charge in [-0.05, 0) is 18.6 Å². The summed E-state index contributed by atoms with van der Waals surface area (Å²) in [4.78, 5) is 0. The van der Waals surface area contributed by atoms with E-state index in [9.17, 15) is 0 Å². The monoisotopic (exact) mass is 148 g/mol. The average molecular weight is 148 g/mol. The summed E-state index contributed by atoms with van der Waals surface area (Å²) in [7, 11) is 0. The number of rotatable bonds is 0. The SMILES string of the molecule is C[C@H]1CCCSCS1. The van der Waals surface area contributed by atoms with Crippen molar-refractivity contribution in [1.29, 1.82) is 0 Å². The average Bonchev–Trinajstić information content (AvgIpc) is 1.94. The smallest absolute Gasteiger partial charge is 0.0394 e. The Bertz CT molecular complexity index is 55.5. The molecule has 0 aliphatic carbocycles. The molecule has 2 heteroatoms. The van der Waals surface area contributed by atoms with Crippen LogP contribution in [0.25, 0.3) is 0 Å². The third-order valence-electron chi connectivity index (χ3n) is 1.34. The van der Waals surface area contributed by atoms with Crippen LogP contribution in [-0.2, 0) is 0 Å². The lowest BCUT2D eigenvalue weighted by Crippen LogP contribution is -1.92. The number of hydrogen-bond acceptors (Lipinski definition) is 2. The third kappa shape index (κ3) is 2.31. The first kappa shape index (κ1) is 6.81. The highest BCUT2D eigenvalue weighted by atomic mass is 32.2. The molecule has 0 aromatic rings. The van der Waals surface area contributed by atoms with Crippen LogP contribution in [0.5, 0.6) is 0 Å². The minimum Gasteiger partial charge on any atom is -0.151 e. The summed E-state index contributed by atoms with van der Waals surface area (Å²) in [5.41, 5.74) is 0. The Kier molecular flexibility index (Phi) is 3.13. The second-order valence-corrected chi connectivity index (χ2v) is 5.04. The Balaban J connectivity index is 2.17. The zero-order chi connectivity index (χ0) is 5.82. The molecule has 1 fully saturated rings. The molecule has 0 spiro atoms. The van der Waals surface area contributed by atoms with Gasteiger partial charge >= 0.3 is 0 Å². The maximum atomic E-state index is 2.33. The topological polar surface area (TPSA) is 0 Å². The quantitative estimate of drug-likeness (QED) is 0.518. The highest BCUT2D eigenvalue weighted by molar-refractivity contribution is 8.16. The van der Waals surface area contributed by atoms with Gasteiger partial charge in [-0.3, -0.25) is 0 Å². The van der Waals surface area contributed by atoms with Crippen molar-refractivity contribution in [2.24, 2.45) is 0 Å². The van der Waals surface area contributed by atoms with Crippen molar-refractivity contribution in [3.63, 3.8) is 0 Å². The van der Waals surface area contributed by atoms with Crippen molar-refractivity contribution in [3.8, 4) is 0 Å². The third-order valence-corrected chi connectivity index (χ3v) is 3.93. The van der Waals surface area contributed by atoms with E-state index in [2.05, 4.69) is 30.4 Å². The van der Waals surface area contributed by atoms with Gasteiger partial charge in [0, 0.05) is 10.3 Å². The summed E-state index contributed by atoms with van der Waals surface area (Å²) in [6.45, 7) is 2.33. The molecular formula is C6H12S2. The molecule has 0 amide bonds. The van der Waals surface area contributed by atoms with E-state index in [0.717, 1.165) is 5.25 Å². The van der Waals surface area contributed by atoms with E-state index in [4.69, 9.17) is 0 Å². The van der Waals surface area contributed by atoms with Crippen LogP contribution in [-0.4, -0.2) is 16.1 Å². The van der Waals surface area contributed by atoms with Gasteiger partial charge in [-0.1, -0.05) is 6.92 Å². The van der Waals surface area contributed by atoms with Crippen molar-refractivity contribution in [2.45, 2.75) is 25.0 Å². The lowest BCUT2D eigenvalue weighted by atomic mass is 10.3. The predicted octanol–water partition coefficient (Wildman–Crippen LogP) is 2.59. The van der Waals surface area contributed by atoms with Gasteiger partial charge in [0.25, 0.3) is 0 Å². The molecule has 0 nitrogen and oxygen atoms in total. The summed E-state index contributed by atoms with van der Waals surface area (Å²) >= 11 is 4.18. The number of hydrogen-bond donors (Lipinski definition) is 0. The van der Waals surface area contributed by atoms with Gasteiger partial charge in [-0.25, -0.2) is 0 Å². The minimum absolute atomic E-state index is 0.921. The van der Waals surface area contributed by atoms with Crippen LogP contribution in [0, 0.1) is 0 Å². The van der Waals surface area contributed by atoms with Crippen LogP contribution >= 0.6 is 23.5 Å². The largest absolute Gasteiger partial charge is 0.151 e. The fraction of sp³-hybridized carbons (Fsp3) is 1.00. The molecule has 0 N–H and O–H groups in total. The van der Waals surface area contributed by atoms with E-state index in [1.165, 1.54) is 23.7 Å². The predicted molar refractivity (Wildman–Crippen MR) is 43.6 cm³/mol. The summed E-state index contributed by atoms with van der Waals surface area (Å²) in [6, 6.07) is 0. The Morgan fingerprint density at radius 1 is 1.50 bits per heavy atom. The van der Waals surface area contributed by atoms with E-state index in [1.54, 1.807) is 0 Å². The standard InChI is InChI=1S/C6H12S2/c1-6-3-2-4-7-5-8-6/h6H,2-5H2,1H3/t6-/m0/s1. The molecule has 1 atom stereocenters. The molecule has 1 saturated heterocycles. The molecule has 48 valence electrons. The van der Waals surface area contributed by atoms with E-state index in [-0.39, 0.29) is 0 Å². The maximum absolute atomic E-state index is 2.33. The molecule has 0 radical (unpaired) electrons. The van der Waals surface area contributed by atoms with Crippen LogP contribution in [0.1, 0.15) is 19.8 Å². The number of thioether (sulfide) groups is 2. The van der Waals surface area contributed by atoms with E-state index in [1.807, 2.05) is 0 Å². The maximum Gasteiger partial charge on any atom is 0.0394 e. The van der Waals surface area contributed by atoms with Gasteiger partial charge in [-0.2, -0.15) is 11.8 Å². The second kappa shape index (κ2) is 3.67. The van der Waals surface area contributed by atoms with Gasteiger partial charge in [0.05, 0.1) is 0 Å². The first-order valence-electron chi connectivity index (χ1n) is 3.09. The second-order valence-electron chi connectivity index (χ2n) is 2.15. The Labute approximate surface area is 59.8 Å². The molecule has 0 unspecified atom stereocenters. The van der Waals surface area contributed by atoms with E-state index in [0.29, 0.717) is 0 Å². The van der Waals surface area contributed by atoms with Crippen molar-refractivity contribution in [2.75, 3.05) is 10.8 Å². The van der Waals surface area contributed by atoms with Crippen LogP contribution < -0.4 is 0 Å². The zero-order valence-corrected chi connectivity index (χ0v) is 6.86. The van der Waals surface area contributed by atoms with Gasteiger partial charge in [0.2, 0.25) is 0 Å². The summed E-state index contributed by atoms with van der Waals surface area (Å²) < 4.78 is 0. The first-order valence-corrected chi connectivity index (χ1v) is 5.29. The molecule has 1 heterocycles. The highest BCUT2D eigenvalue weighted by Crippen LogP contribution is 2.26. The molecule has 1 rings (SSSR count). The fourth-order valence-corrected chi connectivity index (χ4v) is 3.27. The van der Waals surface area contributed by atoms with E-state index < -0.39 is 0 Å².